The molecule has 1 saturated heterocycles. The number of hydrogen-bond donors (Lipinski definition) is 1. The highest BCUT2D eigenvalue weighted by molar-refractivity contribution is 5.81. The van der Waals surface area contributed by atoms with Gasteiger partial charge in [-0.25, -0.2) is 4.79 Å². The summed E-state index contributed by atoms with van der Waals surface area (Å²) >= 11 is 0. The molecule has 136 valence electrons. The highest BCUT2D eigenvalue weighted by Gasteiger charge is 2.50. The third-order valence-electron chi connectivity index (χ3n) is 4.34. The Labute approximate surface area is 149 Å². The lowest BCUT2D eigenvalue weighted by molar-refractivity contribution is -0.147. The fraction of sp³-hybridized carbons (Fsp3) is 0.500. The highest BCUT2D eigenvalue weighted by Crippen LogP contribution is 2.39. The van der Waals surface area contributed by atoms with Gasteiger partial charge in [-0.05, 0) is 45.6 Å². The number of hydrogen-bond acceptors (Lipinski definition) is 4. The lowest BCUT2D eigenvalue weighted by Gasteiger charge is -2.34. The predicted octanol–water partition coefficient (Wildman–Crippen LogP) is 3.63. The lowest BCUT2D eigenvalue weighted by atomic mass is 9.73. The molecule has 0 spiro atoms. The highest BCUT2D eigenvalue weighted by atomic mass is 16.6. The zero-order valence-electron chi connectivity index (χ0n) is 15.2. The second-order valence-corrected chi connectivity index (χ2v) is 7.42. The number of allylic oxidation sites excluding steroid dienone is 1. The van der Waals surface area contributed by atoms with Crippen molar-refractivity contribution in [3.05, 3.63) is 48.6 Å². The lowest BCUT2D eigenvalue weighted by Crippen LogP contribution is -2.52. The van der Waals surface area contributed by atoms with Crippen molar-refractivity contribution < 1.29 is 19.1 Å². The molecule has 5 heteroatoms. The van der Waals surface area contributed by atoms with Crippen LogP contribution in [0.25, 0.3) is 0 Å². The van der Waals surface area contributed by atoms with Crippen LogP contribution in [-0.4, -0.2) is 30.3 Å². The Hall–Kier alpha value is -2.30. The summed E-state index contributed by atoms with van der Waals surface area (Å²) in [6.45, 7) is 9.56. The van der Waals surface area contributed by atoms with Gasteiger partial charge in [0.25, 0.3) is 0 Å². The van der Waals surface area contributed by atoms with Gasteiger partial charge in [0.05, 0.1) is 18.1 Å². The Kier molecular flexibility index (Phi) is 5.88. The number of carbonyl (C=O) groups excluding carboxylic acids is 2. The second-order valence-electron chi connectivity index (χ2n) is 7.42. The molecule has 1 heterocycles. The van der Waals surface area contributed by atoms with E-state index in [0.717, 1.165) is 5.56 Å². The number of ether oxygens (including phenoxy) is 2. The fourth-order valence-corrected chi connectivity index (χ4v) is 3.16. The van der Waals surface area contributed by atoms with Crippen molar-refractivity contribution in [2.75, 3.05) is 6.61 Å². The van der Waals surface area contributed by atoms with Gasteiger partial charge in [-0.1, -0.05) is 36.4 Å². The molecule has 0 radical (unpaired) electrons. The van der Waals surface area contributed by atoms with Gasteiger partial charge in [0.1, 0.15) is 5.60 Å². The van der Waals surface area contributed by atoms with Crippen molar-refractivity contribution in [2.45, 2.75) is 51.7 Å². The second kappa shape index (κ2) is 7.72. The van der Waals surface area contributed by atoms with Gasteiger partial charge in [0.2, 0.25) is 0 Å². The van der Waals surface area contributed by atoms with Crippen molar-refractivity contribution in [1.82, 2.24) is 5.32 Å². The van der Waals surface area contributed by atoms with Crippen LogP contribution < -0.4 is 5.32 Å². The summed E-state index contributed by atoms with van der Waals surface area (Å²) in [6, 6.07) is 9.33. The van der Waals surface area contributed by atoms with E-state index in [9.17, 15) is 9.59 Å². The van der Waals surface area contributed by atoms with E-state index in [1.54, 1.807) is 6.08 Å². The summed E-state index contributed by atoms with van der Waals surface area (Å²) in [6.07, 6.45) is 2.69. The van der Waals surface area contributed by atoms with Gasteiger partial charge in [0, 0.05) is 0 Å². The number of carbonyl (C=O) groups is 2. The number of nitrogens with one attached hydrogen (secondary N) is 1. The molecular weight excluding hydrogens is 318 g/mol. The third kappa shape index (κ3) is 4.84. The minimum Gasteiger partial charge on any atom is -0.465 e. The Balaban J connectivity index is 2.28. The summed E-state index contributed by atoms with van der Waals surface area (Å²) in [5.41, 5.74) is -0.385. The Morgan fingerprint density at radius 3 is 2.60 bits per heavy atom. The summed E-state index contributed by atoms with van der Waals surface area (Å²) < 4.78 is 10.6. The maximum atomic E-state index is 12.5. The number of amides is 1. The first-order valence-electron chi connectivity index (χ1n) is 8.58. The van der Waals surface area contributed by atoms with E-state index >= 15 is 0 Å². The van der Waals surface area contributed by atoms with Gasteiger partial charge >= 0.3 is 12.1 Å². The molecule has 2 rings (SSSR count). The van der Waals surface area contributed by atoms with Gasteiger partial charge < -0.3 is 14.8 Å². The first kappa shape index (κ1) is 19.0. The molecule has 1 aromatic carbocycles. The number of esters is 1. The van der Waals surface area contributed by atoms with Crippen LogP contribution in [0.5, 0.6) is 0 Å². The number of alkyl carbamates (subject to hydrolysis) is 1. The monoisotopic (exact) mass is 345 g/mol. The van der Waals surface area contributed by atoms with Crippen molar-refractivity contribution in [1.29, 1.82) is 0 Å². The van der Waals surface area contributed by atoms with Crippen LogP contribution in [0.1, 0.15) is 39.2 Å². The predicted molar refractivity (Wildman–Crippen MR) is 96.1 cm³/mol. The summed E-state index contributed by atoms with van der Waals surface area (Å²) in [4.78, 5) is 24.9. The molecule has 1 N–H and O–H groups in total. The molecule has 0 bridgehead atoms. The van der Waals surface area contributed by atoms with Crippen LogP contribution in [0.4, 0.5) is 4.79 Å². The van der Waals surface area contributed by atoms with Gasteiger partial charge in [-0.3, -0.25) is 4.79 Å². The minimum atomic E-state index is -0.811. The summed E-state index contributed by atoms with van der Waals surface area (Å²) in [5.74, 6) is -0.288. The normalized spacial score (nSPS) is 21.3. The molecule has 25 heavy (non-hydrogen) atoms. The van der Waals surface area contributed by atoms with Crippen molar-refractivity contribution >= 4 is 12.1 Å². The Morgan fingerprint density at radius 1 is 1.40 bits per heavy atom. The first-order valence-corrected chi connectivity index (χ1v) is 8.58. The molecule has 1 aliphatic rings. The fourth-order valence-electron chi connectivity index (χ4n) is 3.16. The molecule has 0 aliphatic carbocycles. The molecule has 1 unspecified atom stereocenters. The number of benzene rings is 1. The Bertz CT molecular complexity index is 620. The maximum Gasteiger partial charge on any atom is 0.407 e. The van der Waals surface area contributed by atoms with E-state index in [-0.39, 0.29) is 5.97 Å². The van der Waals surface area contributed by atoms with Crippen molar-refractivity contribution in [2.24, 2.45) is 5.41 Å². The molecule has 1 fully saturated rings. The summed E-state index contributed by atoms with van der Waals surface area (Å²) in [7, 11) is 0. The van der Waals surface area contributed by atoms with Crippen molar-refractivity contribution in [3.63, 3.8) is 0 Å². The van der Waals surface area contributed by atoms with E-state index in [0.29, 0.717) is 25.9 Å². The molecule has 2 atom stereocenters. The molecule has 0 saturated carbocycles. The molecule has 1 aromatic rings. The zero-order valence-corrected chi connectivity index (χ0v) is 15.2. The largest absolute Gasteiger partial charge is 0.465 e. The zero-order chi connectivity index (χ0) is 18.5. The molecule has 1 amide bonds. The van der Waals surface area contributed by atoms with E-state index < -0.39 is 23.2 Å². The van der Waals surface area contributed by atoms with E-state index in [2.05, 4.69) is 11.9 Å². The quantitative estimate of drug-likeness (QED) is 0.631. The molecule has 1 aliphatic heterocycles. The summed E-state index contributed by atoms with van der Waals surface area (Å²) in [5, 5.41) is 2.91. The minimum absolute atomic E-state index is 0.288. The number of cyclic esters (lactones) is 1. The maximum absolute atomic E-state index is 12.5. The van der Waals surface area contributed by atoms with E-state index in [1.165, 1.54) is 0 Å². The molecular formula is C20H27NO4. The van der Waals surface area contributed by atoms with Gasteiger partial charge in [-0.2, -0.15) is 0 Å². The first-order chi connectivity index (χ1) is 11.8. The van der Waals surface area contributed by atoms with Gasteiger partial charge in [0.15, 0.2) is 0 Å². The van der Waals surface area contributed by atoms with E-state index in [1.807, 2.05) is 51.1 Å². The van der Waals surface area contributed by atoms with Crippen LogP contribution in [0.3, 0.4) is 0 Å². The smallest absolute Gasteiger partial charge is 0.407 e. The van der Waals surface area contributed by atoms with Crippen LogP contribution in [0, 0.1) is 5.41 Å². The average molecular weight is 345 g/mol. The molecule has 5 nitrogen and oxygen atoms in total. The topological polar surface area (TPSA) is 64.6 Å². The van der Waals surface area contributed by atoms with Crippen LogP contribution in [-0.2, 0) is 20.7 Å². The number of rotatable bonds is 6. The SMILES string of the molecule is C=CC[C@]1(C(Cc2ccccc2)NC(=O)OC(C)(C)C)CCOC1=O. The van der Waals surface area contributed by atoms with Crippen LogP contribution in [0.2, 0.25) is 0 Å². The third-order valence-corrected chi connectivity index (χ3v) is 4.34. The average Bonchev–Trinajstić information content (AvgIpc) is 2.88. The standard InChI is InChI=1S/C20H27NO4/c1-5-11-20(12-13-24-17(20)22)16(14-15-9-7-6-8-10-15)21-18(23)25-19(2,3)4/h5-10,16H,1,11-14H2,2-4H3,(H,21,23)/t16?,20-/m1/s1. The molecule has 0 aromatic heterocycles. The van der Waals surface area contributed by atoms with Crippen LogP contribution in [0.15, 0.2) is 43.0 Å². The van der Waals surface area contributed by atoms with Gasteiger partial charge in [-0.15, -0.1) is 6.58 Å². The van der Waals surface area contributed by atoms with Crippen molar-refractivity contribution in [3.8, 4) is 0 Å². The van der Waals surface area contributed by atoms with Crippen LogP contribution >= 0.6 is 0 Å². The Morgan fingerprint density at radius 2 is 2.08 bits per heavy atom. The van der Waals surface area contributed by atoms with E-state index in [4.69, 9.17) is 9.47 Å².